The zero-order chi connectivity index (χ0) is 23.1. The summed E-state index contributed by atoms with van der Waals surface area (Å²) in [5.74, 6) is -0.317. The normalized spacial score (nSPS) is 18.6. The molecule has 0 saturated carbocycles. The van der Waals surface area contributed by atoms with E-state index in [1.165, 1.54) is 9.58 Å². The maximum Gasteiger partial charge on any atom is 0.298 e. The zero-order valence-electron chi connectivity index (χ0n) is 18.8. The van der Waals surface area contributed by atoms with Crippen LogP contribution in [-0.2, 0) is 11.3 Å². The van der Waals surface area contributed by atoms with Crippen LogP contribution in [0.2, 0.25) is 0 Å². The molecule has 0 radical (unpaired) electrons. The van der Waals surface area contributed by atoms with Crippen LogP contribution in [0.25, 0.3) is 17.3 Å². The number of carbonyl (C=O) groups excluding carboxylic acids is 1. The van der Waals surface area contributed by atoms with Crippen molar-refractivity contribution in [2.24, 2.45) is 5.10 Å². The number of aromatic nitrogens is 1. The van der Waals surface area contributed by atoms with Crippen LogP contribution in [0.15, 0.2) is 75.0 Å². The highest BCUT2D eigenvalue weighted by Gasteiger charge is 2.32. The maximum absolute atomic E-state index is 13.4. The molecule has 1 amide bonds. The Hall–Kier alpha value is -4.13. The van der Waals surface area contributed by atoms with E-state index in [4.69, 9.17) is 4.42 Å². The van der Waals surface area contributed by atoms with E-state index in [9.17, 15) is 9.59 Å². The molecule has 0 atom stereocenters. The molecule has 2 aromatic carbocycles. The summed E-state index contributed by atoms with van der Waals surface area (Å²) >= 11 is 0. The van der Waals surface area contributed by atoms with Gasteiger partial charge in [0.1, 0.15) is 5.57 Å². The molecule has 2 aliphatic rings. The average molecular weight is 441 g/mol. The van der Waals surface area contributed by atoms with Crippen molar-refractivity contribution < 1.29 is 9.21 Å². The van der Waals surface area contributed by atoms with E-state index in [-0.39, 0.29) is 22.4 Å². The predicted molar refractivity (Wildman–Crippen MR) is 130 cm³/mol. The Morgan fingerprint density at radius 2 is 1.64 bits per heavy atom. The lowest BCUT2D eigenvalue weighted by molar-refractivity contribution is -0.113. The Kier molecular flexibility index (Phi) is 5.09. The molecule has 5 rings (SSSR count). The zero-order valence-corrected chi connectivity index (χ0v) is 18.8. The summed E-state index contributed by atoms with van der Waals surface area (Å²) in [7, 11) is 0. The third-order valence-corrected chi connectivity index (χ3v) is 5.92. The minimum Gasteiger partial charge on any atom is -0.432 e. The predicted octanol–water partition coefficient (Wildman–Crippen LogP) is 2.70. The van der Waals surface area contributed by atoms with Gasteiger partial charge in [-0.3, -0.25) is 14.2 Å². The Labute approximate surface area is 190 Å². The lowest BCUT2D eigenvalue weighted by Crippen LogP contribution is -2.37. The van der Waals surface area contributed by atoms with Crippen molar-refractivity contribution in [2.45, 2.75) is 27.3 Å². The summed E-state index contributed by atoms with van der Waals surface area (Å²) < 4.78 is 7.69. The van der Waals surface area contributed by atoms with E-state index in [1.807, 2.05) is 80.6 Å². The van der Waals surface area contributed by atoms with E-state index in [0.717, 1.165) is 11.3 Å². The second-order valence-corrected chi connectivity index (χ2v) is 7.82. The number of hydrogen-bond donors (Lipinski definition) is 0. The highest BCUT2D eigenvalue weighted by molar-refractivity contribution is 6.48. The molecule has 0 fully saturated rings. The lowest BCUT2D eigenvalue weighted by atomic mass is 10.1. The van der Waals surface area contributed by atoms with Crippen molar-refractivity contribution in [3.8, 4) is 0 Å². The molecule has 7 nitrogen and oxygen atoms in total. The van der Waals surface area contributed by atoms with Gasteiger partial charge >= 0.3 is 0 Å². The number of hydrogen-bond acceptors (Lipinski definition) is 5. The van der Waals surface area contributed by atoms with Crippen LogP contribution in [0.5, 0.6) is 0 Å². The third kappa shape index (κ3) is 3.24. The van der Waals surface area contributed by atoms with Crippen molar-refractivity contribution in [3.63, 3.8) is 0 Å². The van der Waals surface area contributed by atoms with Crippen LogP contribution < -0.4 is 26.4 Å². The molecule has 166 valence electrons. The van der Waals surface area contributed by atoms with Crippen LogP contribution in [0, 0.1) is 0 Å². The molecule has 3 heterocycles. The highest BCUT2D eigenvalue weighted by atomic mass is 16.4. The Morgan fingerprint density at radius 3 is 2.36 bits per heavy atom. The molecule has 0 spiro atoms. The number of rotatable bonds is 3. The molecular weight excluding hydrogens is 416 g/mol. The van der Waals surface area contributed by atoms with Crippen molar-refractivity contribution in [2.75, 3.05) is 16.5 Å². The molecule has 2 aliphatic heterocycles. The van der Waals surface area contributed by atoms with Gasteiger partial charge in [0, 0.05) is 18.8 Å². The molecule has 3 aromatic rings. The Balaban J connectivity index is 1.75. The van der Waals surface area contributed by atoms with Gasteiger partial charge in [-0.25, -0.2) is 0 Å². The van der Waals surface area contributed by atoms with Crippen LogP contribution in [-0.4, -0.2) is 22.7 Å². The molecule has 0 unspecified atom stereocenters. The topological polar surface area (TPSA) is 71.1 Å². The average Bonchev–Trinajstić information content (AvgIpc) is 3.33. The van der Waals surface area contributed by atoms with E-state index in [1.54, 1.807) is 6.92 Å². The van der Waals surface area contributed by atoms with Gasteiger partial charge in [0.15, 0.2) is 0 Å². The molecule has 0 bridgehead atoms. The fraction of sp³-hybridized carbons (Fsp3) is 0.192. The first-order valence-corrected chi connectivity index (χ1v) is 11.0. The van der Waals surface area contributed by atoms with Gasteiger partial charge in [0.2, 0.25) is 11.0 Å². The summed E-state index contributed by atoms with van der Waals surface area (Å²) in [5, 5.41) is 5.79. The largest absolute Gasteiger partial charge is 0.432 e. The third-order valence-electron chi connectivity index (χ3n) is 5.92. The fourth-order valence-corrected chi connectivity index (χ4v) is 4.34. The number of benzene rings is 2. The van der Waals surface area contributed by atoms with Gasteiger partial charge < -0.3 is 9.32 Å². The SMILES string of the molecule is CCN1C(=c2oc(=C3C(=O)N(c4ccccc4)N=C3C)n(CC)c2=O)C=Cc2ccccc21. The van der Waals surface area contributed by atoms with Crippen LogP contribution in [0.3, 0.4) is 0 Å². The van der Waals surface area contributed by atoms with Crippen molar-refractivity contribution in [1.82, 2.24) is 4.57 Å². The number of fused-ring (bicyclic) bond motifs is 1. The van der Waals surface area contributed by atoms with Crippen molar-refractivity contribution >= 4 is 40.3 Å². The van der Waals surface area contributed by atoms with Gasteiger partial charge in [0.05, 0.1) is 17.1 Å². The van der Waals surface area contributed by atoms with Gasteiger partial charge in [-0.05, 0) is 50.6 Å². The number of anilines is 2. The molecule has 0 saturated heterocycles. The number of amides is 1. The summed E-state index contributed by atoms with van der Waals surface area (Å²) in [6, 6.07) is 17.2. The number of likely N-dealkylation sites (N-methyl/N-ethyl adjacent to an activating group) is 1. The first-order valence-electron chi connectivity index (χ1n) is 11.0. The van der Waals surface area contributed by atoms with Gasteiger partial charge in [-0.1, -0.05) is 42.5 Å². The van der Waals surface area contributed by atoms with Crippen LogP contribution in [0.4, 0.5) is 11.4 Å². The lowest BCUT2D eigenvalue weighted by Gasteiger charge is -2.28. The number of nitrogens with zero attached hydrogens (tertiary/aromatic N) is 4. The van der Waals surface area contributed by atoms with Crippen LogP contribution >= 0.6 is 0 Å². The molecule has 33 heavy (non-hydrogen) atoms. The summed E-state index contributed by atoms with van der Waals surface area (Å²) in [5.41, 5.74) is 4.41. The van der Waals surface area contributed by atoms with Crippen LogP contribution in [0.1, 0.15) is 26.3 Å². The first-order chi connectivity index (χ1) is 16.0. The summed E-state index contributed by atoms with van der Waals surface area (Å²) in [6.07, 6.45) is 3.88. The Morgan fingerprint density at radius 1 is 0.909 bits per heavy atom. The summed E-state index contributed by atoms with van der Waals surface area (Å²) in [4.78, 5) is 28.8. The van der Waals surface area contributed by atoms with E-state index >= 15 is 0 Å². The number of carbonyl (C=O) groups is 1. The minimum atomic E-state index is -0.317. The van der Waals surface area contributed by atoms with Crippen molar-refractivity contribution in [1.29, 1.82) is 0 Å². The minimum absolute atomic E-state index is 0.214. The van der Waals surface area contributed by atoms with E-state index in [0.29, 0.717) is 35.8 Å². The monoisotopic (exact) mass is 440 g/mol. The quantitative estimate of drug-likeness (QED) is 0.628. The number of oxazole rings is 1. The second kappa shape index (κ2) is 8.09. The standard InChI is InChI=1S/C26H24N4O3/c1-4-28-20-14-10-9-11-18(20)15-16-21(28)23-25(32)29(5-2)26(33-23)22-17(3)27-30(24(22)31)19-12-7-6-8-13-19/h6-16H,4-5H2,1-3H3. The molecule has 1 aromatic heterocycles. The fourth-order valence-electron chi connectivity index (χ4n) is 4.34. The molecular formula is C26H24N4O3. The molecule has 0 N–H and O–H groups in total. The Bertz CT molecular complexity index is 1490. The van der Waals surface area contributed by atoms with E-state index in [2.05, 4.69) is 10.0 Å². The number of hydrazone groups is 1. The van der Waals surface area contributed by atoms with Gasteiger partial charge in [-0.15, -0.1) is 0 Å². The smallest absolute Gasteiger partial charge is 0.298 e. The highest BCUT2D eigenvalue weighted by Crippen LogP contribution is 2.30. The molecule has 0 aliphatic carbocycles. The van der Waals surface area contributed by atoms with E-state index < -0.39 is 0 Å². The van der Waals surface area contributed by atoms with Crippen molar-refractivity contribution in [3.05, 3.63) is 87.6 Å². The molecule has 7 heteroatoms. The second-order valence-electron chi connectivity index (χ2n) is 7.82. The van der Waals surface area contributed by atoms with Gasteiger partial charge in [0.25, 0.3) is 11.5 Å². The number of para-hydroxylation sites is 2. The van der Waals surface area contributed by atoms with Gasteiger partial charge in [-0.2, -0.15) is 10.1 Å². The maximum atomic E-state index is 13.4. The summed E-state index contributed by atoms with van der Waals surface area (Å²) in [6.45, 7) is 6.68. The first kappa shape index (κ1) is 20.8.